The Hall–Kier alpha value is -2.70. The van der Waals surface area contributed by atoms with Gasteiger partial charge in [0.05, 0.1) is 22.6 Å². The number of hydrogen-bond donors (Lipinski definition) is 4. The molecule has 3 heterocycles. The maximum absolute atomic E-state index is 14.4. The number of Topliss-reactive ketones (excluding diaryl/α,β-unsaturated/α-hetero) is 1. The summed E-state index contributed by atoms with van der Waals surface area (Å²) in [4.78, 5) is 69.8. The lowest BCUT2D eigenvalue weighted by atomic mass is 9.78. The number of carbonyl (C=O) groups excluding carboxylic acids is 5. The molecule has 0 unspecified atom stereocenters. The Morgan fingerprint density at radius 3 is 2.04 bits per heavy atom. The third kappa shape index (κ3) is 7.26. The molecule has 6 rings (SSSR count). The first kappa shape index (κ1) is 35.1. The topological polar surface area (TPSA) is 171 Å². The molecule has 0 aromatic rings. The average molecular weight is 690 g/mol. The van der Waals surface area contributed by atoms with Gasteiger partial charge in [0.1, 0.15) is 12.1 Å². The van der Waals surface area contributed by atoms with Gasteiger partial charge in [0, 0.05) is 12.6 Å². The quantitative estimate of drug-likeness (QED) is 0.311. The zero-order chi connectivity index (χ0) is 34.3. The maximum Gasteiger partial charge on any atom is 0.315 e. The smallest absolute Gasteiger partial charge is 0.315 e. The second-order valence-corrected chi connectivity index (χ2v) is 18.4. The molecule has 3 saturated heterocycles. The van der Waals surface area contributed by atoms with E-state index in [0.29, 0.717) is 45.1 Å². The van der Waals surface area contributed by atoms with Crippen LogP contribution in [0, 0.1) is 17.3 Å². The molecule has 0 spiro atoms. The van der Waals surface area contributed by atoms with Crippen LogP contribution in [0.2, 0.25) is 0 Å². The van der Waals surface area contributed by atoms with Crippen LogP contribution in [0.15, 0.2) is 0 Å². The van der Waals surface area contributed by atoms with Crippen LogP contribution in [0.1, 0.15) is 123 Å². The number of piperidine rings is 1. The number of carbonyl (C=O) groups is 5. The van der Waals surface area contributed by atoms with Gasteiger partial charge < -0.3 is 26.2 Å². The summed E-state index contributed by atoms with van der Waals surface area (Å²) in [5, 5.41) is 11.1. The van der Waals surface area contributed by atoms with E-state index in [-0.39, 0.29) is 35.0 Å². The molecule has 0 aromatic carbocycles. The van der Waals surface area contributed by atoms with E-state index in [1.54, 1.807) is 4.90 Å². The summed E-state index contributed by atoms with van der Waals surface area (Å²) in [7, 11) is -3.27. The lowest BCUT2D eigenvalue weighted by Crippen LogP contribution is -2.66. The highest BCUT2D eigenvalue weighted by Gasteiger charge is 2.69. The summed E-state index contributed by atoms with van der Waals surface area (Å²) in [5.74, 6) is -1.91. The molecule has 6 fully saturated rings. The van der Waals surface area contributed by atoms with Crippen LogP contribution in [-0.4, -0.2) is 90.1 Å². The van der Waals surface area contributed by atoms with Gasteiger partial charge in [-0.15, -0.1) is 0 Å². The lowest BCUT2D eigenvalue weighted by molar-refractivity contribution is -0.144. The predicted molar refractivity (Wildman–Crippen MR) is 179 cm³/mol. The molecule has 0 radical (unpaired) electrons. The summed E-state index contributed by atoms with van der Waals surface area (Å²) in [6.07, 6.45) is 13.0. The van der Waals surface area contributed by atoms with Crippen LogP contribution in [0.5, 0.6) is 0 Å². The number of amides is 5. The van der Waals surface area contributed by atoms with E-state index in [0.717, 1.165) is 70.6 Å². The molecule has 0 aromatic heterocycles. The summed E-state index contributed by atoms with van der Waals surface area (Å²) >= 11 is 0. The fourth-order valence-corrected chi connectivity index (χ4v) is 11.0. The fraction of sp³-hybridized carbons (Fsp3) is 0.857. The molecule has 12 nitrogen and oxygen atoms in total. The monoisotopic (exact) mass is 689 g/mol. The van der Waals surface area contributed by atoms with Gasteiger partial charge in [0.25, 0.3) is 5.91 Å². The zero-order valence-electron chi connectivity index (χ0n) is 28.7. The Kier molecular flexibility index (Phi) is 10.2. The van der Waals surface area contributed by atoms with Crippen molar-refractivity contribution in [3.8, 4) is 0 Å². The molecule has 3 aliphatic heterocycles. The van der Waals surface area contributed by atoms with Crippen LogP contribution >= 0.6 is 0 Å². The van der Waals surface area contributed by atoms with Gasteiger partial charge >= 0.3 is 6.03 Å². The molecule has 5 amide bonds. The normalized spacial score (nSPS) is 34.8. The van der Waals surface area contributed by atoms with Crippen molar-refractivity contribution in [3.63, 3.8) is 0 Å². The molecule has 6 atom stereocenters. The van der Waals surface area contributed by atoms with Crippen molar-refractivity contribution in [2.24, 2.45) is 17.3 Å². The second kappa shape index (κ2) is 13.9. The molecule has 3 aliphatic carbocycles. The first-order chi connectivity index (χ1) is 22.8. The summed E-state index contributed by atoms with van der Waals surface area (Å²) in [6, 6.07) is -3.17. The van der Waals surface area contributed by atoms with Crippen LogP contribution in [0.4, 0.5) is 4.79 Å². The van der Waals surface area contributed by atoms with E-state index < -0.39 is 62.4 Å². The Morgan fingerprint density at radius 1 is 0.812 bits per heavy atom. The maximum atomic E-state index is 14.4. The van der Waals surface area contributed by atoms with Crippen LogP contribution in [-0.2, 0) is 29.0 Å². The molecule has 48 heavy (non-hydrogen) atoms. The number of nitrogens with one attached hydrogen (secondary N) is 4. The number of hydrogen-bond acceptors (Lipinski definition) is 7. The number of rotatable bonds is 6. The third-order valence-corrected chi connectivity index (χ3v) is 14.8. The highest BCUT2D eigenvalue weighted by molar-refractivity contribution is 7.93. The van der Waals surface area contributed by atoms with Gasteiger partial charge in [-0.1, -0.05) is 78.1 Å². The minimum Gasteiger partial charge on any atom is -0.347 e. The summed E-state index contributed by atoms with van der Waals surface area (Å²) in [6.45, 7) is 4.55. The van der Waals surface area contributed by atoms with Gasteiger partial charge in [-0.2, -0.15) is 0 Å². The number of urea groups is 1. The van der Waals surface area contributed by atoms with Crippen molar-refractivity contribution in [3.05, 3.63) is 0 Å². The number of ketones is 1. The number of sulfone groups is 1. The minimum atomic E-state index is -3.27. The molecule has 3 saturated carbocycles. The summed E-state index contributed by atoms with van der Waals surface area (Å²) in [5.41, 5.74) is -1.000. The van der Waals surface area contributed by atoms with Crippen LogP contribution in [0.3, 0.4) is 0 Å². The van der Waals surface area contributed by atoms with Crippen molar-refractivity contribution in [1.82, 2.24) is 26.2 Å². The van der Waals surface area contributed by atoms with E-state index in [1.165, 1.54) is 0 Å². The first-order valence-electron chi connectivity index (χ1n) is 18.6. The Labute approximate surface area is 285 Å². The van der Waals surface area contributed by atoms with E-state index in [9.17, 15) is 32.4 Å². The van der Waals surface area contributed by atoms with Gasteiger partial charge in [0.2, 0.25) is 17.6 Å². The van der Waals surface area contributed by atoms with E-state index in [4.69, 9.17) is 0 Å². The SMILES string of the molecule is CC1(C)[C@@H]2[C@H]3C(=O)N[C@@H](C(=O)C(=O)NC4CC4)CCCCCCCCC[C@@H](NC(=O)NC4([C@H]5CCS5(=O)=O)CCCCC4)C(=O)N3C[C@@H]21. The van der Waals surface area contributed by atoms with Crippen molar-refractivity contribution in [2.45, 2.75) is 158 Å². The molecule has 4 N–H and O–H groups in total. The average Bonchev–Trinajstić information content (AvgIpc) is 3.88. The highest BCUT2D eigenvalue weighted by atomic mass is 32.2. The second-order valence-electron chi connectivity index (χ2n) is 16.1. The van der Waals surface area contributed by atoms with E-state index in [2.05, 4.69) is 35.1 Å². The predicted octanol–water partition coefficient (Wildman–Crippen LogP) is 2.88. The highest BCUT2D eigenvalue weighted by Crippen LogP contribution is 2.65. The Morgan fingerprint density at radius 2 is 1.44 bits per heavy atom. The van der Waals surface area contributed by atoms with E-state index >= 15 is 0 Å². The van der Waals surface area contributed by atoms with Crippen molar-refractivity contribution in [1.29, 1.82) is 0 Å². The van der Waals surface area contributed by atoms with Gasteiger partial charge in [-0.25, -0.2) is 13.2 Å². The largest absolute Gasteiger partial charge is 0.347 e. The van der Waals surface area contributed by atoms with Gasteiger partial charge in [-0.3, -0.25) is 19.2 Å². The lowest BCUT2D eigenvalue weighted by Gasteiger charge is -2.47. The minimum absolute atomic E-state index is 0.0204. The fourth-order valence-electron chi connectivity index (χ4n) is 9.20. The molecule has 13 heteroatoms. The number of nitrogens with zero attached hydrogens (tertiary/aromatic N) is 1. The molecule has 0 bridgehead atoms. The zero-order valence-corrected chi connectivity index (χ0v) is 29.5. The van der Waals surface area contributed by atoms with Crippen molar-refractivity contribution >= 4 is 39.4 Å². The third-order valence-electron chi connectivity index (χ3n) is 12.4. The first-order valence-corrected chi connectivity index (χ1v) is 20.3. The van der Waals surface area contributed by atoms with Crippen molar-refractivity contribution in [2.75, 3.05) is 12.3 Å². The summed E-state index contributed by atoms with van der Waals surface area (Å²) < 4.78 is 25.5. The van der Waals surface area contributed by atoms with Gasteiger partial charge in [0.15, 0.2) is 9.84 Å². The van der Waals surface area contributed by atoms with E-state index in [1.807, 2.05) is 0 Å². The Balaban J connectivity index is 1.21. The molecular formula is C35H55N5O7S. The molecule has 268 valence electrons. The van der Waals surface area contributed by atoms with Crippen molar-refractivity contribution < 1.29 is 32.4 Å². The van der Waals surface area contributed by atoms with Crippen LogP contribution < -0.4 is 21.3 Å². The number of fused-ring (bicyclic) bond motifs is 3. The molecule has 6 aliphatic rings. The molecular weight excluding hydrogens is 634 g/mol. The van der Waals surface area contributed by atoms with Gasteiger partial charge in [-0.05, 0) is 62.2 Å². The standard InChI is InChI=1S/C35H55N5O7S/c1-34(2)23-21-40-28(27(23)34)30(42)37-24(29(41)31(43)36-22-15-16-22)13-9-6-4-3-5-7-10-14-25(32(40)44)38-33(45)39-35(18-11-8-12-19-35)26-17-20-48(26,46)47/h22-28H,3-21H2,1-2H3,(H,36,43)(H,37,42)(H2,38,39,45)/t23-,24+,25+,26+,27-,28-/m0/s1. The Bertz CT molecular complexity index is 1390. The van der Waals surface area contributed by atoms with Crippen LogP contribution in [0.25, 0.3) is 0 Å².